The van der Waals surface area contributed by atoms with E-state index < -0.39 is 0 Å². The number of carbonyl (C=O) groups is 1. The summed E-state index contributed by atoms with van der Waals surface area (Å²) in [6.45, 7) is 1.79. The first-order chi connectivity index (χ1) is 6.72. The molecule has 0 unspecified atom stereocenters. The Morgan fingerprint density at radius 2 is 2.36 bits per heavy atom. The van der Waals surface area contributed by atoms with Crippen molar-refractivity contribution in [2.45, 2.75) is 13.3 Å². The van der Waals surface area contributed by atoms with Gasteiger partial charge in [0.15, 0.2) is 0 Å². The first-order valence-corrected chi connectivity index (χ1v) is 4.62. The van der Waals surface area contributed by atoms with Gasteiger partial charge in [0.1, 0.15) is 5.15 Å². The van der Waals surface area contributed by atoms with E-state index in [9.17, 15) is 4.79 Å². The molecule has 5 heteroatoms. The lowest BCUT2D eigenvalue weighted by atomic mass is 10.3. The predicted octanol–water partition coefficient (Wildman–Crippen LogP) is 2.13. The average Bonchev–Trinajstić information content (AvgIpc) is 2.59. The van der Waals surface area contributed by atoms with Gasteiger partial charge in [-0.15, -0.1) is 0 Å². The molecule has 0 atom stereocenters. The Balaban J connectivity index is 2.64. The van der Waals surface area contributed by atoms with Crippen molar-refractivity contribution < 1.29 is 4.79 Å². The lowest BCUT2D eigenvalue weighted by molar-refractivity contribution is 0.0899. The van der Waals surface area contributed by atoms with Crippen LogP contribution < -0.4 is 0 Å². The Bertz CT molecular complexity index is 492. The van der Waals surface area contributed by atoms with Gasteiger partial charge in [0.25, 0.3) is 0 Å². The fourth-order valence-electron chi connectivity index (χ4n) is 1.25. The van der Waals surface area contributed by atoms with Gasteiger partial charge in [-0.1, -0.05) is 18.5 Å². The minimum absolute atomic E-state index is 0.0517. The van der Waals surface area contributed by atoms with Crippen LogP contribution in [-0.4, -0.2) is 20.7 Å². The van der Waals surface area contributed by atoms with E-state index in [0.29, 0.717) is 17.1 Å². The number of aromatic nitrogens is 3. The molecule has 2 rings (SSSR count). The van der Waals surface area contributed by atoms with Crippen LogP contribution in [0.1, 0.15) is 18.1 Å². The van der Waals surface area contributed by atoms with Crippen molar-refractivity contribution in [3.8, 4) is 0 Å². The number of carbonyl (C=O) groups excluding carboxylic acids is 1. The summed E-state index contributed by atoms with van der Waals surface area (Å²) in [5.41, 5.74) is 0.696. The van der Waals surface area contributed by atoms with E-state index in [1.807, 2.05) is 0 Å². The molecular weight excluding hydrogens is 202 g/mol. The summed E-state index contributed by atoms with van der Waals surface area (Å²) in [5, 5.41) is 5.21. The van der Waals surface area contributed by atoms with Gasteiger partial charge in [0.05, 0.1) is 17.9 Å². The van der Waals surface area contributed by atoms with Crippen LogP contribution in [0.5, 0.6) is 0 Å². The third kappa shape index (κ3) is 1.37. The Labute approximate surface area is 85.5 Å². The van der Waals surface area contributed by atoms with Crippen LogP contribution in [0.15, 0.2) is 18.5 Å². The van der Waals surface area contributed by atoms with Crippen molar-refractivity contribution in [3.63, 3.8) is 0 Å². The monoisotopic (exact) mass is 209 g/mol. The second-order valence-corrected chi connectivity index (χ2v) is 3.26. The second-order valence-electron chi connectivity index (χ2n) is 2.87. The van der Waals surface area contributed by atoms with E-state index in [0.717, 1.165) is 5.39 Å². The molecule has 4 nitrogen and oxygen atoms in total. The summed E-state index contributed by atoms with van der Waals surface area (Å²) in [6, 6.07) is 1.68. The maximum absolute atomic E-state index is 11.4. The Hall–Kier alpha value is -1.42. The van der Waals surface area contributed by atoms with Crippen molar-refractivity contribution in [3.05, 3.63) is 23.6 Å². The maximum atomic E-state index is 11.4. The summed E-state index contributed by atoms with van der Waals surface area (Å²) in [4.78, 5) is 15.3. The molecular formula is C9H8ClN3O. The summed E-state index contributed by atoms with van der Waals surface area (Å²) >= 11 is 5.71. The van der Waals surface area contributed by atoms with Gasteiger partial charge in [-0.3, -0.25) is 4.79 Å². The molecule has 0 aliphatic rings. The van der Waals surface area contributed by atoms with Crippen LogP contribution in [-0.2, 0) is 0 Å². The minimum Gasteiger partial charge on any atom is -0.273 e. The number of nitrogens with zero attached hydrogens (tertiary/aromatic N) is 3. The molecule has 0 radical (unpaired) electrons. The molecule has 0 aliphatic heterocycles. The summed E-state index contributed by atoms with van der Waals surface area (Å²) in [6.07, 6.45) is 3.58. The van der Waals surface area contributed by atoms with Crippen LogP contribution in [0.2, 0.25) is 5.15 Å². The normalized spacial score (nSPS) is 10.7. The molecule has 0 N–H and O–H groups in total. The zero-order valence-corrected chi connectivity index (χ0v) is 8.32. The number of pyridine rings is 1. The van der Waals surface area contributed by atoms with Crippen LogP contribution >= 0.6 is 11.6 Å². The first kappa shape index (κ1) is 9.15. The summed E-state index contributed by atoms with van der Waals surface area (Å²) in [5.74, 6) is -0.0517. The van der Waals surface area contributed by atoms with Gasteiger partial charge in [0, 0.05) is 11.8 Å². The Morgan fingerprint density at radius 1 is 1.57 bits per heavy atom. The fourth-order valence-corrected chi connectivity index (χ4v) is 1.41. The average molecular weight is 210 g/mol. The van der Waals surface area contributed by atoms with Crippen LogP contribution in [0, 0.1) is 0 Å². The molecule has 0 amide bonds. The molecule has 2 heterocycles. The number of halogens is 1. The Morgan fingerprint density at radius 3 is 3.07 bits per heavy atom. The Kier molecular flexibility index (Phi) is 2.21. The van der Waals surface area contributed by atoms with Gasteiger partial charge in [0.2, 0.25) is 5.91 Å². The predicted molar refractivity (Wildman–Crippen MR) is 53.5 cm³/mol. The minimum atomic E-state index is -0.0517. The molecule has 72 valence electrons. The SMILES string of the molecule is CCC(=O)n1ncc2cc(Cl)ncc21. The van der Waals surface area contributed by atoms with E-state index in [4.69, 9.17) is 11.6 Å². The number of hydrogen-bond acceptors (Lipinski definition) is 3. The smallest absolute Gasteiger partial charge is 0.247 e. The molecule has 0 bridgehead atoms. The molecule has 0 fully saturated rings. The van der Waals surface area contributed by atoms with Crippen molar-refractivity contribution in [1.29, 1.82) is 0 Å². The lowest BCUT2D eigenvalue weighted by Gasteiger charge is -1.98. The van der Waals surface area contributed by atoms with E-state index in [1.54, 1.807) is 25.4 Å². The highest BCUT2D eigenvalue weighted by Gasteiger charge is 2.08. The lowest BCUT2D eigenvalue weighted by Crippen LogP contribution is -2.10. The van der Waals surface area contributed by atoms with Crippen molar-refractivity contribution >= 4 is 28.4 Å². The summed E-state index contributed by atoms with van der Waals surface area (Å²) in [7, 11) is 0. The van der Waals surface area contributed by atoms with Gasteiger partial charge in [-0.2, -0.15) is 9.78 Å². The molecule has 0 aliphatic carbocycles. The van der Waals surface area contributed by atoms with Crippen molar-refractivity contribution in [1.82, 2.24) is 14.8 Å². The van der Waals surface area contributed by atoms with Gasteiger partial charge >= 0.3 is 0 Å². The highest BCUT2D eigenvalue weighted by molar-refractivity contribution is 6.30. The highest BCUT2D eigenvalue weighted by Crippen LogP contribution is 2.16. The standard InChI is InChI=1S/C9H8ClN3O/c1-2-9(14)13-7-5-11-8(10)3-6(7)4-12-13/h3-5H,2H2,1H3. The first-order valence-electron chi connectivity index (χ1n) is 4.25. The van der Waals surface area contributed by atoms with Crippen molar-refractivity contribution in [2.24, 2.45) is 0 Å². The molecule has 14 heavy (non-hydrogen) atoms. The van der Waals surface area contributed by atoms with Crippen LogP contribution in [0.3, 0.4) is 0 Å². The number of rotatable bonds is 1. The van der Waals surface area contributed by atoms with Gasteiger partial charge < -0.3 is 0 Å². The van der Waals surface area contributed by atoms with Crippen molar-refractivity contribution in [2.75, 3.05) is 0 Å². The highest BCUT2D eigenvalue weighted by atomic mass is 35.5. The number of fused-ring (bicyclic) bond motifs is 1. The zero-order chi connectivity index (χ0) is 10.1. The fraction of sp³-hybridized carbons (Fsp3) is 0.222. The molecule has 0 saturated heterocycles. The van der Waals surface area contributed by atoms with Gasteiger partial charge in [-0.05, 0) is 6.07 Å². The second kappa shape index (κ2) is 3.38. The molecule has 2 aromatic rings. The van der Waals surface area contributed by atoms with Crippen LogP contribution in [0.25, 0.3) is 10.9 Å². The summed E-state index contributed by atoms with van der Waals surface area (Å²) < 4.78 is 1.35. The largest absolute Gasteiger partial charge is 0.273 e. The van der Waals surface area contributed by atoms with E-state index in [1.165, 1.54) is 4.68 Å². The third-order valence-corrected chi connectivity index (χ3v) is 2.17. The molecule has 2 aromatic heterocycles. The van der Waals surface area contributed by atoms with E-state index >= 15 is 0 Å². The molecule has 0 saturated carbocycles. The zero-order valence-electron chi connectivity index (χ0n) is 7.57. The van der Waals surface area contributed by atoms with Crippen LogP contribution in [0.4, 0.5) is 0 Å². The molecule has 0 aromatic carbocycles. The van der Waals surface area contributed by atoms with E-state index in [2.05, 4.69) is 10.1 Å². The molecule has 0 spiro atoms. The third-order valence-electron chi connectivity index (χ3n) is 1.96. The number of hydrogen-bond donors (Lipinski definition) is 0. The topological polar surface area (TPSA) is 47.8 Å². The maximum Gasteiger partial charge on any atom is 0.247 e. The quantitative estimate of drug-likeness (QED) is 0.676. The van der Waals surface area contributed by atoms with E-state index in [-0.39, 0.29) is 5.91 Å². The van der Waals surface area contributed by atoms with Gasteiger partial charge in [-0.25, -0.2) is 4.98 Å².